The van der Waals surface area contributed by atoms with Crippen molar-refractivity contribution in [2.24, 2.45) is 5.92 Å². The molecular weight excluding hydrogens is 375 g/mol. The normalized spacial score (nSPS) is 20.1. The number of hydrogen-bond donors (Lipinski definition) is 1. The lowest BCUT2D eigenvalue weighted by Gasteiger charge is -2.36. The fourth-order valence-electron chi connectivity index (χ4n) is 3.00. The van der Waals surface area contributed by atoms with Gasteiger partial charge in [0.1, 0.15) is 5.75 Å². The number of methoxy groups -OCH3 is 1. The Labute approximate surface area is 147 Å². The first-order valence-corrected chi connectivity index (χ1v) is 7.87. The SMILES string of the molecule is COc1ccc(Br)c([C@H](C2CC2)N2CCNCC2)c1.Cl.Cl. The second-order valence-corrected chi connectivity index (χ2v) is 6.31. The van der Waals surface area contributed by atoms with Gasteiger partial charge in [-0.1, -0.05) is 15.9 Å². The maximum Gasteiger partial charge on any atom is 0.119 e. The van der Waals surface area contributed by atoms with E-state index in [0.717, 1.165) is 37.8 Å². The molecule has 0 aromatic heterocycles. The van der Waals surface area contributed by atoms with E-state index in [-0.39, 0.29) is 24.8 Å². The van der Waals surface area contributed by atoms with E-state index < -0.39 is 0 Å². The Hall–Kier alpha value is -0.000000000000000111. The van der Waals surface area contributed by atoms with Crippen LogP contribution in [0.3, 0.4) is 0 Å². The molecule has 0 amide bonds. The largest absolute Gasteiger partial charge is 0.497 e. The summed E-state index contributed by atoms with van der Waals surface area (Å²) < 4.78 is 6.61. The van der Waals surface area contributed by atoms with E-state index in [2.05, 4.69) is 38.3 Å². The molecule has 0 bridgehead atoms. The van der Waals surface area contributed by atoms with Gasteiger partial charge >= 0.3 is 0 Å². The molecule has 3 nitrogen and oxygen atoms in total. The van der Waals surface area contributed by atoms with Gasteiger partial charge in [-0.3, -0.25) is 4.90 Å². The van der Waals surface area contributed by atoms with Gasteiger partial charge in [-0.2, -0.15) is 0 Å². The molecule has 0 unspecified atom stereocenters. The Morgan fingerprint density at radius 2 is 1.90 bits per heavy atom. The van der Waals surface area contributed by atoms with Crippen molar-refractivity contribution in [2.75, 3.05) is 33.3 Å². The molecule has 1 aromatic rings. The third-order valence-electron chi connectivity index (χ3n) is 4.14. The number of piperazine rings is 1. The van der Waals surface area contributed by atoms with Gasteiger partial charge < -0.3 is 10.1 Å². The monoisotopic (exact) mass is 396 g/mol. The predicted molar refractivity (Wildman–Crippen MR) is 95.1 cm³/mol. The van der Waals surface area contributed by atoms with Crippen molar-refractivity contribution < 1.29 is 4.74 Å². The van der Waals surface area contributed by atoms with E-state index in [1.54, 1.807) is 7.11 Å². The smallest absolute Gasteiger partial charge is 0.119 e. The Morgan fingerprint density at radius 1 is 1.24 bits per heavy atom. The molecule has 1 aliphatic heterocycles. The van der Waals surface area contributed by atoms with Crippen molar-refractivity contribution in [1.29, 1.82) is 0 Å². The van der Waals surface area contributed by atoms with Gasteiger partial charge in [0, 0.05) is 36.7 Å². The van der Waals surface area contributed by atoms with Crippen LogP contribution in [0.25, 0.3) is 0 Å². The first-order valence-electron chi connectivity index (χ1n) is 7.08. The molecule has 21 heavy (non-hydrogen) atoms. The fourth-order valence-corrected chi connectivity index (χ4v) is 3.48. The van der Waals surface area contributed by atoms with Gasteiger partial charge in [0.15, 0.2) is 0 Å². The van der Waals surface area contributed by atoms with Crippen molar-refractivity contribution in [1.82, 2.24) is 10.2 Å². The molecule has 0 radical (unpaired) electrons. The summed E-state index contributed by atoms with van der Waals surface area (Å²) in [5.41, 5.74) is 1.39. The molecule has 1 atom stereocenters. The number of ether oxygens (including phenoxy) is 1. The van der Waals surface area contributed by atoms with Crippen LogP contribution < -0.4 is 10.1 Å². The first kappa shape index (κ1) is 19.0. The number of benzene rings is 1. The minimum Gasteiger partial charge on any atom is -0.497 e. The number of hydrogen-bond acceptors (Lipinski definition) is 3. The molecular formula is C15H23BrCl2N2O. The van der Waals surface area contributed by atoms with Gasteiger partial charge in [0.05, 0.1) is 7.11 Å². The summed E-state index contributed by atoms with van der Waals surface area (Å²) in [6, 6.07) is 6.89. The molecule has 0 spiro atoms. The van der Waals surface area contributed by atoms with E-state index in [4.69, 9.17) is 4.74 Å². The molecule has 3 rings (SSSR count). The maximum absolute atomic E-state index is 5.40. The van der Waals surface area contributed by atoms with Crippen LogP contribution in [0.2, 0.25) is 0 Å². The molecule has 6 heteroatoms. The Kier molecular flexibility index (Phi) is 7.79. The van der Waals surface area contributed by atoms with Crippen molar-refractivity contribution in [3.05, 3.63) is 28.2 Å². The third-order valence-corrected chi connectivity index (χ3v) is 4.86. The van der Waals surface area contributed by atoms with Gasteiger partial charge in [-0.25, -0.2) is 0 Å². The highest BCUT2D eigenvalue weighted by Gasteiger charge is 2.37. The van der Waals surface area contributed by atoms with Crippen molar-refractivity contribution in [3.63, 3.8) is 0 Å². The molecule has 1 heterocycles. The molecule has 1 aliphatic carbocycles. The number of nitrogens with zero attached hydrogens (tertiary/aromatic N) is 1. The number of rotatable bonds is 4. The van der Waals surface area contributed by atoms with Crippen molar-refractivity contribution in [2.45, 2.75) is 18.9 Å². The van der Waals surface area contributed by atoms with E-state index in [0.29, 0.717) is 6.04 Å². The molecule has 1 aromatic carbocycles. The zero-order valence-corrected chi connectivity index (χ0v) is 15.4. The second-order valence-electron chi connectivity index (χ2n) is 5.46. The summed E-state index contributed by atoms with van der Waals surface area (Å²) in [6.07, 6.45) is 2.72. The summed E-state index contributed by atoms with van der Waals surface area (Å²) in [4.78, 5) is 2.63. The molecule has 1 N–H and O–H groups in total. The summed E-state index contributed by atoms with van der Waals surface area (Å²) in [5.74, 6) is 1.78. The van der Waals surface area contributed by atoms with Crippen LogP contribution in [0, 0.1) is 5.92 Å². The predicted octanol–water partition coefficient (Wildman–Crippen LogP) is 3.66. The van der Waals surface area contributed by atoms with Crippen molar-refractivity contribution >= 4 is 40.7 Å². The van der Waals surface area contributed by atoms with Gasteiger partial charge in [-0.15, -0.1) is 24.8 Å². The van der Waals surface area contributed by atoms with E-state index in [1.807, 2.05) is 6.07 Å². The Balaban J connectivity index is 0.00000110. The second kappa shape index (κ2) is 8.59. The first-order chi connectivity index (χ1) is 9.29. The lowest BCUT2D eigenvalue weighted by atomic mass is 9.99. The van der Waals surface area contributed by atoms with Crippen LogP contribution in [0.4, 0.5) is 0 Å². The van der Waals surface area contributed by atoms with E-state index in [1.165, 1.54) is 22.9 Å². The third kappa shape index (κ3) is 4.49. The Bertz CT molecular complexity index is 451. The van der Waals surface area contributed by atoms with Crippen LogP contribution in [-0.4, -0.2) is 38.2 Å². The quantitative estimate of drug-likeness (QED) is 0.838. The average Bonchev–Trinajstić information content (AvgIpc) is 3.27. The minimum atomic E-state index is 0. The lowest BCUT2D eigenvalue weighted by molar-refractivity contribution is 0.155. The highest BCUT2D eigenvalue weighted by atomic mass is 79.9. The van der Waals surface area contributed by atoms with Crippen LogP contribution in [0.15, 0.2) is 22.7 Å². The zero-order valence-electron chi connectivity index (χ0n) is 12.2. The summed E-state index contributed by atoms with van der Waals surface area (Å²) in [6.45, 7) is 4.49. The Morgan fingerprint density at radius 3 is 2.48 bits per heavy atom. The fraction of sp³-hybridized carbons (Fsp3) is 0.600. The lowest BCUT2D eigenvalue weighted by Crippen LogP contribution is -2.45. The summed E-state index contributed by atoms with van der Waals surface area (Å²) in [7, 11) is 1.74. The molecule has 120 valence electrons. The van der Waals surface area contributed by atoms with Gasteiger partial charge in [-0.05, 0) is 42.5 Å². The van der Waals surface area contributed by atoms with Crippen LogP contribution >= 0.6 is 40.7 Å². The number of nitrogens with one attached hydrogen (secondary N) is 1. The molecule has 1 saturated carbocycles. The number of halogens is 3. The molecule has 2 fully saturated rings. The maximum atomic E-state index is 5.40. The van der Waals surface area contributed by atoms with E-state index in [9.17, 15) is 0 Å². The van der Waals surface area contributed by atoms with Crippen LogP contribution in [0.1, 0.15) is 24.4 Å². The topological polar surface area (TPSA) is 24.5 Å². The zero-order chi connectivity index (χ0) is 13.2. The highest BCUT2D eigenvalue weighted by molar-refractivity contribution is 9.10. The average molecular weight is 398 g/mol. The van der Waals surface area contributed by atoms with Gasteiger partial charge in [0.25, 0.3) is 0 Å². The van der Waals surface area contributed by atoms with Crippen LogP contribution in [-0.2, 0) is 0 Å². The molecule has 2 aliphatic rings. The van der Waals surface area contributed by atoms with Crippen LogP contribution in [0.5, 0.6) is 5.75 Å². The summed E-state index contributed by atoms with van der Waals surface area (Å²) >= 11 is 3.73. The highest BCUT2D eigenvalue weighted by Crippen LogP contribution is 2.47. The van der Waals surface area contributed by atoms with E-state index >= 15 is 0 Å². The van der Waals surface area contributed by atoms with Gasteiger partial charge in [0.2, 0.25) is 0 Å². The van der Waals surface area contributed by atoms with Crippen molar-refractivity contribution in [3.8, 4) is 5.75 Å². The minimum absolute atomic E-state index is 0. The summed E-state index contributed by atoms with van der Waals surface area (Å²) in [5, 5.41) is 3.44. The standard InChI is InChI=1S/C15H21BrN2O.2ClH/c1-19-12-4-5-14(16)13(10-12)15(11-2-3-11)18-8-6-17-7-9-18;;/h4-5,10-11,15,17H,2-3,6-9H2,1H3;2*1H/t15-;;/m0../s1. The molecule has 1 saturated heterocycles.